The molecule has 66 valence electrons. The maximum atomic E-state index is 6.02. The first kappa shape index (κ1) is 7.60. The van der Waals surface area contributed by atoms with Gasteiger partial charge in [0.15, 0.2) is 0 Å². The molecule has 1 aromatic carbocycles. The normalized spacial score (nSPS) is 29.8. The van der Waals surface area contributed by atoms with E-state index in [1.165, 1.54) is 11.1 Å². The van der Waals surface area contributed by atoms with Crippen molar-refractivity contribution in [3.63, 3.8) is 0 Å². The molecule has 0 saturated heterocycles. The first-order chi connectivity index (χ1) is 6.34. The van der Waals surface area contributed by atoms with Crippen molar-refractivity contribution >= 4 is 11.6 Å². The van der Waals surface area contributed by atoms with Gasteiger partial charge in [-0.1, -0.05) is 35.9 Å². The number of hydrogen-bond acceptors (Lipinski definition) is 1. The number of rotatable bonds is 0. The molecular weight excluding hydrogens is 184 g/mol. The van der Waals surface area contributed by atoms with Gasteiger partial charge in [-0.3, -0.25) is 0 Å². The van der Waals surface area contributed by atoms with Gasteiger partial charge in [0.1, 0.15) is 6.10 Å². The van der Waals surface area contributed by atoms with E-state index in [4.69, 9.17) is 16.3 Å². The van der Waals surface area contributed by atoms with Crippen LogP contribution < -0.4 is 0 Å². The lowest BCUT2D eigenvalue weighted by Gasteiger charge is -2.17. The molecule has 2 heterocycles. The van der Waals surface area contributed by atoms with Crippen LogP contribution in [0.1, 0.15) is 29.8 Å². The molecule has 2 heteroatoms. The summed E-state index contributed by atoms with van der Waals surface area (Å²) in [6, 6.07) is 8.34. The molecular formula is C11H9ClO. The van der Waals surface area contributed by atoms with Gasteiger partial charge in [0.25, 0.3) is 0 Å². The first-order valence-electron chi connectivity index (χ1n) is 4.45. The molecule has 0 aliphatic carbocycles. The molecule has 13 heavy (non-hydrogen) atoms. The summed E-state index contributed by atoms with van der Waals surface area (Å²) >= 11 is 6.02. The van der Waals surface area contributed by atoms with E-state index in [9.17, 15) is 0 Å². The van der Waals surface area contributed by atoms with Gasteiger partial charge in [-0.15, -0.1) is 0 Å². The molecule has 1 nitrogen and oxygen atoms in total. The fourth-order valence-corrected chi connectivity index (χ4v) is 2.34. The maximum absolute atomic E-state index is 6.02. The van der Waals surface area contributed by atoms with Crippen LogP contribution in [-0.2, 0) is 4.74 Å². The molecule has 2 atom stereocenters. The predicted molar refractivity (Wildman–Crippen MR) is 51.6 cm³/mol. The Balaban J connectivity index is 2.17. The summed E-state index contributed by atoms with van der Waals surface area (Å²) in [7, 11) is 0. The van der Waals surface area contributed by atoms with Gasteiger partial charge in [0.05, 0.1) is 6.10 Å². The Kier molecular flexibility index (Phi) is 1.52. The highest BCUT2D eigenvalue weighted by atomic mass is 35.5. The molecule has 0 N–H and O–H groups in total. The average molecular weight is 193 g/mol. The van der Waals surface area contributed by atoms with Crippen LogP contribution in [0.15, 0.2) is 35.4 Å². The van der Waals surface area contributed by atoms with E-state index in [0.29, 0.717) is 0 Å². The predicted octanol–water partition coefficient (Wildman–Crippen LogP) is 3.33. The summed E-state index contributed by atoms with van der Waals surface area (Å²) in [5.74, 6) is 0. The third-order valence-corrected chi connectivity index (χ3v) is 2.95. The van der Waals surface area contributed by atoms with Gasteiger partial charge < -0.3 is 4.74 Å². The second-order valence-electron chi connectivity index (χ2n) is 3.49. The van der Waals surface area contributed by atoms with Gasteiger partial charge in [-0.05, 0) is 17.2 Å². The van der Waals surface area contributed by atoms with Gasteiger partial charge in [-0.25, -0.2) is 0 Å². The summed E-state index contributed by atoms with van der Waals surface area (Å²) in [5.41, 5.74) is 2.59. The van der Waals surface area contributed by atoms with Crippen molar-refractivity contribution in [3.8, 4) is 0 Å². The topological polar surface area (TPSA) is 9.23 Å². The molecule has 0 saturated carbocycles. The number of fused-ring (bicyclic) bond motifs is 5. The summed E-state index contributed by atoms with van der Waals surface area (Å²) in [4.78, 5) is 0. The van der Waals surface area contributed by atoms with E-state index in [1.807, 2.05) is 12.1 Å². The molecule has 2 aliphatic heterocycles. The molecule has 2 bridgehead atoms. The molecule has 0 fully saturated rings. The van der Waals surface area contributed by atoms with Crippen LogP contribution in [-0.4, -0.2) is 0 Å². The van der Waals surface area contributed by atoms with Crippen molar-refractivity contribution in [2.24, 2.45) is 0 Å². The van der Waals surface area contributed by atoms with E-state index >= 15 is 0 Å². The molecule has 0 amide bonds. The van der Waals surface area contributed by atoms with Crippen LogP contribution in [0.3, 0.4) is 0 Å². The molecule has 0 radical (unpaired) electrons. The number of ether oxygens (including phenoxy) is 1. The van der Waals surface area contributed by atoms with Crippen molar-refractivity contribution in [2.75, 3.05) is 0 Å². The first-order valence-corrected chi connectivity index (χ1v) is 4.83. The van der Waals surface area contributed by atoms with Gasteiger partial charge in [0, 0.05) is 11.5 Å². The summed E-state index contributed by atoms with van der Waals surface area (Å²) in [5, 5.41) is 0.928. The zero-order valence-electron chi connectivity index (χ0n) is 7.03. The van der Waals surface area contributed by atoms with Crippen LogP contribution in [0.4, 0.5) is 0 Å². The molecule has 0 aromatic heterocycles. The third-order valence-electron chi connectivity index (χ3n) is 2.67. The fraction of sp³-hybridized carbons (Fsp3) is 0.273. The van der Waals surface area contributed by atoms with Crippen LogP contribution >= 0.6 is 11.6 Å². The van der Waals surface area contributed by atoms with Gasteiger partial charge in [0.2, 0.25) is 0 Å². The quantitative estimate of drug-likeness (QED) is 0.613. The van der Waals surface area contributed by atoms with Gasteiger partial charge in [-0.2, -0.15) is 0 Å². The second-order valence-corrected chi connectivity index (χ2v) is 3.98. The van der Waals surface area contributed by atoms with Crippen molar-refractivity contribution < 1.29 is 4.74 Å². The van der Waals surface area contributed by atoms with E-state index in [0.717, 1.165) is 11.5 Å². The van der Waals surface area contributed by atoms with Crippen LogP contribution in [0.5, 0.6) is 0 Å². The van der Waals surface area contributed by atoms with E-state index in [1.54, 1.807) is 0 Å². The highest BCUT2D eigenvalue weighted by Gasteiger charge is 2.33. The highest BCUT2D eigenvalue weighted by molar-refractivity contribution is 6.29. The molecule has 1 aromatic rings. The Morgan fingerprint density at radius 1 is 1.23 bits per heavy atom. The van der Waals surface area contributed by atoms with Crippen molar-refractivity contribution in [2.45, 2.75) is 18.6 Å². The van der Waals surface area contributed by atoms with E-state index in [2.05, 4.69) is 18.2 Å². The zero-order chi connectivity index (χ0) is 8.84. The monoisotopic (exact) mass is 192 g/mol. The summed E-state index contributed by atoms with van der Waals surface area (Å²) < 4.78 is 5.78. The fourth-order valence-electron chi connectivity index (χ4n) is 2.08. The van der Waals surface area contributed by atoms with E-state index in [-0.39, 0.29) is 12.2 Å². The molecule has 0 spiro atoms. The largest absolute Gasteiger partial charge is 0.361 e. The summed E-state index contributed by atoms with van der Waals surface area (Å²) in [6.45, 7) is 0. The van der Waals surface area contributed by atoms with Crippen LogP contribution in [0, 0.1) is 0 Å². The maximum Gasteiger partial charge on any atom is 0.103 e. The minimum absolute atomic E-state index is 0.0995. The lowest BCUT2D eigenvalue weighted by Crippen LogP contribution is -2.02. The standard InChI is InChI=1S/C11H9ClO/c12-7-5-10-8-3-1-2-4-9(8)11(6-7)13-10/h1-5,10-11H,6H2. The number of benzene rings is 1. The smallest absolute Gasteiger partial charge is 0.103 e. The zero-order valence-corrected chi connectivity index (χ0v) is 7.79. The lowest BCUT2D eigenvalue weighted by molar-refractivity contribution is 0.0293. The SMILES string of the molecule is ClC1=CC2OC(C1)c1ccccc12. The van der Waals surface area contributed by atoms with Crippen molar-refractivity contribution in [1.82, 2.24) is 0 Å². The minimum atomic E-state index is 0.0995. The molecule has 2 aliphatic rings. The Hall–Kier alpha value is -0.790. The molecule has 2 unspecified atom stereocenters. The lowest BCUT2D eigenvalue weighted by atomic mass is 10.0. The van der Waals surface area contributed by atoms with Crippen LogP contribution in [0.2, 0.25) is 0 Å². The number of hydrogen-bond donors (Lipinski definition) is 0. The van der Waals surface area contributed by atoms with Gasteiger partial charge >= 0.3 is 0 Å². The average Bonchev–Trinajstić information content (AvgIpc) is 2.41. The Bertz CT molecular complexity index is 383. The van der Waals surface area contributed by atoms with E-state index < -0.39 is 0 Å². The second kappa shape index (κ2) is 2.60. The molecule has 3 rings (SSSR count). The van der Waals surface area contributed by atoms with Crippen molar-refractivity contribution in [1.29, 1.82) is 0 Å². The highest BCUT2D eigenvalue weighted by Crippen LogP contribution is 2.47. The Morgan fingerprint density at radius 2 is 2.00 bits per heavy atom. The summed E-state index contributed by atoms with van der Waals surface area (Å²) in [6.07, 6.45) is 3.13. The Labute approximate surface area is 82.0 Å². The minimum Gasteiger partial charge on any atom is -0.361 e. The Morgan fingerprint density at radius 3 is 2.85 bits per heavy atom. The third kappa shape index (κ3) is 1.04. The number of halogens is 1. The van der Waals surface area contributed by atoms with Crippen LogP contribution in [0.25, 0.3) is 0 Å². The van der Waals surface area contributed by atoms with Crippen molar-refractivity contribution in [3.05, 3.63) is 46.5 Å².